The highest BCUT2D eigenvalue weighted by Crippen LogP contribution is 2.49. The summed E-state index contributed by atoms with van der Waals surface area (Å²) in [6, 6.07) is 0. The third-order valence-electron chi connectivity index (χ3n) is 5.44. The Morgan fingerprint density at radius 3 is 2.78 bits per heavy atom. The number of nitrogens with zero attached hydrogens (tertiary/aromatic N) is 3. The van der Waals surface area contributed by atoms with Crippen molar-refractivity contribution in [2.45, 2.75) is 46.1 Å². The fraction of sp³-hybridized carbons (Fsp3) is 0.778. The summed E-state index contributed by atoms with van der Waals surface area (Å²) in [7, 11) is 0. The number of aryl methyl sites for hydroxylation is 1. The van der Waals surface area contributed by atoms with Crippen molar-refractivity contribution in [3.8, 4) is 0 Å². The first-order chi connectivity index (χ1) is 11.2. The zero-order valence-corrected chi connectivity index (χ0v) is 14.4. The van der Waals surface area contributed by atoms with Gasteiger partial charge in [-0.25, -0.2) is 9.97 Å². The minimum atomic E-state index is 0.348. The van der Waals surface area contributed by atoms with Gasteiger partial charge in [0.2, 0.25) is 5.95 Å². The van der Waals surface area contributed by atoms with Gasteiger partial charge in [-0.05, 0) is 57.3 Å². The van der Waals surface area contributed by atoms with Gasteiger partial charge in [-0.15, -0.1) is 0 Å². The van der Waals surface area contributed by atoms with Gasteiger partial charge in [0.1, 0.15) is 0 Å². The molecular formula is C18H29N3O2. The highest BCUT2D eigenvalue weighted by Gasteiger charge is 2.42. The average molecular weight is 319 g/mol. The third-order valence-corrected chi connectivity index (χ3v) is 5.44. The molecule has 1 saturated heterocycles. The molecule has 5 nitrogen and oxygen atoms in total. The number of hydrogen-bond donors (Lipinski definition) is 1. The molecule has 3 rings (SSSR count). The number of hydrogen-bond acceptors (Lipinski definition) is 5. The molecule has 1 aromatic heterocycles. The van der Waals surface area contributed by atoms with Crippen molar-refractivity contribution in [3.05, 3.63) is 17.5 Å². The van der Waals surface area contributed by atoms with Gasteiger partial charge < -0.3 is 14.7 Å². The van der Waals surface area contributed by atoms with Crippen molar-refractivity contribution >= 4 is 5.95 Å². The predicted molar refractivity (Wildman–Crippen MR) is 90.3 cm³/mol. The van der Waals surface area contributed by atoms with Crippen LogP contribution in [0.2, 0.25) is 0 Å². The summed E-state index contributed by atoms with van der Waals surface area (Å²) in [6.07, 6.45) is 6.70. The van der Waals surface area contributed by atoms with E-state index >= 15 is 0 Å². The first-order valence-electron chi connectivity index (χ1n) is 8.99. The summed E-state index contributed by atoms with van der Waals surface area (Å²) in [4.78, 5) is 11.5. The Morgan fingerprint density at radius 1 is 1.35 bits per heavy atom. The number of ether oxygens (including phenoxy) is 1. The van der Waals surface area contributed by atoms with E-state index in [9.17, 15) is 0 Å². The first kappa shape index (κ1) is 16.7. The molecule has 2 aliphatic rings. The maximum absolute atomic E-state index is 9.05. The minimum Gasteiger partial charge on any atom is -0.396 e. The highest BCUT2D eigenvalue weighted by atomic mass is 16.5. The van der Waals surface area contributed by atoms with E-state index in [1.165, 1.54) is 19.3 Å². The lowest BCUT2D eigenvalue weighted by atomic mass is 9.90. The molecule has 23 heavy (non-hydrogen) atoms. The van der Waals surface area contributed by atoms with Crippen LogP contribution in [0.15, 0.2) is 6.20 Å². The van der Waals surface area contributed by atoms with Crippen LogP contribution < -0.4 is 4.90 Å². The average Bonchev–Trinajstić information content (AvgIpc) is 3.33. The second kappa shape index (κ2) is 7.58. The molecule has 0 radical (unpaired) electrons. The van der Waals surface area contributed by atoms with E-state index in [1.807, 2.05) is 20.0 Å². The molecule has 2 heterocycles. The largest absolute Gasteiger partial charge is 0.396 e. The van der Waals surface area contributed by atoms with Crippen molar-refractivity contribution in [2.24, 2.45) is 17.8 Å². The van der Waals surface area contributed by atoms with Crippen molar-refractivity contribution in [1.29, 1.82) is 0 Å². The molecule has 2 unspecified atom stereocenters. The van der Waals surface area contributed by atoms with Gasteiger partial charge in [-0.3, -0.25) is 0 Å². The molecule has 0 aromatic carbocycles. The number of rotatable bonds is 7. The van der Waals surface area contributed by atoms with Gasteiger partial charge in [0.25, 0.3) is 0 Å². The van der Waals surface area contributed by atoms with E-state index in [0.717, 1.165) is 54.5 Å². The molecule has 0 bridgehead atoms. The van der Waals surface area contributed by atoms with Gasteiger partial charge in [-0.1, -0.05) is 0 Å². The second-order valence-corrected chi connectivity index (χ2v) is 6.91. The molecule has 2 fully saturated rings. The lowest BCUT2D eigenvalue weighted by molar-refractivity contribution is 0.133. The number of anilines is 1. The molecule has 1 aliphatic carbocycles. The van der Waals surface area contributed by atoms with Gasteiger partial charge in [0, 0.05) is 43.8 Å². The third kappa shape index (κ3) is 4.01. The summed E-state index contributed by atoms with van der Waals surface area (Å²) in [5.74, 6) is 3.35. The lowest BCUT2D eigenvalue weighted by Crippen LogP contribution is -2.35. The van der Waals surface area contributed by atoms with Crippen LogP contribution in [0.3, 0.4) is 0 Å². The normalized spacial score (nSPS) is 24.9. The summed E-state index contributed by atoms with van der Waals surface area (Å²) >= 11 is 0. The SMILES string of the molecule is CCOCc1cnc(N2CCC(C3CC3CCO)CC2)nc1C. The van der Waals surface area contributed by atoms with E-state index in [1.54, 1.807) is 0 Å². The Morgan fingerprint density at radius 2 is 2.13 bits per heavy atom. The van der Waals surface area contributed by atoms with Gasteiger partial charge in [0.15, 0.2) is 0 Å². The van der Waals surface area contributed by atoms with Crippen LogP contribution in [0.1, 0.15) is 43.9 Å². The summed E-state index contributed by atoms with van der Waals surface area (Å²) < 4.78 is 5.45. The molecule has 1 aliphatic heterocycles. The van der Waals surface area contributed by atoms with Crippen molar-refractivity contribution in [2.75, 3.05) is 31.2 Å². The second-order valence-electron chi connectivity index (χ2n) is 6.91. The van der Waals surface area contributed by atoms with E-state index in [2.05, 4.69) is 14.9 Å². The molecule has 1 saturated carbocycles. The monoisotopic (exact) mass is 319 g/mol. The maximum Gasteiger partial charge on any atom is 0.225 e. The van der Waals surface area contributed by atoms with Crippen molar-refractivity contribution in [3.63, 3.8) is 0 Å². The van der Waals surface area contributed by atoms with E-state index in [-0.39, 0.29) is 0 Å². The van der Waals surface area contributed by atoms with Crippen LogP contribution in [-0.4, -0.2) is 41.4 Å². The van der Waals surface area contributed by atoms with Gasteiger partial charge in [0.05, 0.1) is 6.61 Å². The Hall–Kier alpha value is -1.20. The summed E-state index contributed by atoms with van der Waals surface area (Å²) in [6.45, 7) is 7.80. The van der Waals surface area contributed by atoms with Gasteiger partial charge in [-0.2, -0.15) is 0 Å². The fourth-order valence-electron chi connectivity index (χ4n) is 3.86. The van der Waals surface area contributed by atoms with E-state index in [0.29, 0.717) is 19.8 Å². The first-order valence-corrected chi connectivity index (χ1v) is 8.99. The van der Waals surface area contributed by atoms with E-state index < -0.39 is 0 Å². The molecular weight excluding hydrogens is 290 g/mol. The van der Waals surface area contributed by atoms with Crippen LogP contribution in [0.25, 0.3) is 0 Å². The molecule has 0 spiro atoms. The number of aliphatic hydroxyl groups is 1. The number of aliphatic hydroxyl groups excluding tert-OH is 1. The molecule has 1 N–H and O–H groups in total. The fourth-order valence-corrected chi connectivity index (χ4v) is 3.86. The summed E-state index contributed by atoms with van der Waals surface area (Å²) in [5.41, 5.74) is 2.10. The van der Waals surface area contributed by atoms with Crippen LogP contribution in [-0.2, 0) is 11.3 Å². The highest BCUT2D eigenvalue weighted by molar-refractivity contribution is 5.33. The standard InChI is InChI=1S/C18H29N3O2/c1-3-23-12-16-11-19-18(20-13(16)2)21-7-4-14(5-8-21)17-10-15(17)6-9-22/h11,14-15,17,22H,3-10,12H2,1-2H3. The van der Waals surface area contributed by atoms with Gasteiger partial charge >= 0.3 is 0 Å². The van der Waals surface area contributed by atoms with Crippen molar-refractivity contribution < 1.29 is 9.84 Å². The topological polar surface area (TPSA) is 58.5 Å². The summed E-state index contributed by atoms with van der Waals surface area (Å²) in [5, 5.41) is 9.05. The quantitative estimate of drug-likeness (QED) is 0.837. The molecule has 128 valence electrons. The van der Waals surface area contributed by atoms with Crippen molar-refractivity contribution in [1.82, 2.24) is 9.97 Å². The molecule has 2 atom stereocenters. The Balaban J connectivity index is 1.52. The van der Waals surface area contributed by atoms with Crippen LogP contribution in [0, 0.1) is 24.7 Å². The maximum atomic E-state index is 9.05. The molecule has 1 aromatic rings. The minimum absolute atomic E-state index is 0.348. The Labute approximate surface area is 139 Å². The zero-order chi connectivity index (χ0) is 16.2. The Bertz CT molecular complexity index is 515. The molecule has 5 heteroatoms. The predicted octanol–water partition coefficient (Wildman–Crippen LogP) is 2.56. The molecule has 0 amide bonds. The van der Waals surface area contributed by atoms with E-state index in [4.69, 9.17) is 9.84 Å². The van der Waals surface area contributed by atoms with Crippen LogP contribution in [0.4, 0.5) is 5.95 Å². The van der Waals surface area contributed by atoms with Crippen LogP contribution in [0.5, 0.6) is 0 Å². The smallest absolute Gasteiger partial charge is 0.225 e. The van der Waals surface area contributed by atoms with Crippen LogP contribution >= 0.6 is 0 Å². The number of piperidine rings is 1. The number of aromatic nitrogens is 2. The lowest BCUT2D eigenvalue weighted by Gasteiger charge is -2.32. The Kier molecular flexibility index (Phi) is 5.49. The zero-order valence-electron chi connectivity index (χ0n) is 14.4.